The van der Waals surface area contributed by atoms with Crippen molar-refractivity contribution in [3.05, 3.63) is 41.0 Å². The van der Waals surface area contributed by atoms with Gasteiger partial charge in [-0.3, -0.25) is 4.79 Å². The number of nitrogens with two attached hydrogens (primary N) is 2. The molecule has 0 saturated heterocycles. The van der Waals surface area contributed by atoms with Crippen LogP contribution in [0, 0.1) is 0 Å². The number of methoxy groups -OCH3 is 1. The Balaban J connectivity index is 2.38. The number of carbonyl (C=O) groups excluding carboxylic acids is 1. The lowest BCUT2D eigenvalue weighted by molar-refractivity contribution is 0.1000. The van der Waals surface area contributed by atoms with Crippen LogP contribution in [0.1, 0.15) is 10.4 Å². The molecule has 0 saturated carbocycles. The number of ether oxygens (including phenoxy) is 2. The molecule has 2 rings (SSSR count). The highest BCUT2D eigenvalue weighted by molar-refractivity contribution is 6.29. The summed E-state index contributed by atoms with van der Waals surface area (Å²) >= 11 is 5.78. The molecule has 1 heterocycles. The maximum Gasteiger partial charge on any atom is 0.248 e. The van der Waals surface area contributed by atoms with Gasteiger partial charge in [-0.2, -0.15) is 4.98 Å². The van der Waals surface area contributed by atoms with E-state index < -0.39 is 5.91 Å². The summed E-state index contributed by atoms with van der Waals surface area (Å²) < 4.78 is 10.7. The van der Waals surface area contributed by atoms with Crippen molar-refractivity contribution in [2.45, 2.75) is 0 Å². The van der Waals surface area contributed by atoms with Crippen molar-refractivity contribution in [3.63, 3.8) is 0 Å². The number of hydrogen-bond acceptors (Lipinski definition) is 5. The molecule has 104 valence electrons. The molecule has 1 aromatic carbocycles. The van der Waals surface area contributed by atoms with Gasteiger partial charge >= 0.3 is 0 Å². The average molecular weight is 294 g/mol. The first-order valence-corrected chi connectivity index (χ1v) is 5.96. The molecule has 0 radical (unpaired) electrons. The fraction of sp³-hybridized carbons (Fsp3) is 0.0769. The van der Waals surface area contributed by atoms with E-state index in [1.165, 1.54) is 19.2 Å². The number of aromatic nitrogens is 1. The van der Waals surface area contributed by atoms with Gasteiger partial charge in [0.2, 0.25) is 11.8 Å². The molecule has 0 atom stereocenters. The third kappa shape index (κ3) is 2.92. The van der Waals surface area contributed by atoms with E-state index in [9.17, 15) is 4.79 Å². The molecule has 6 nitrogen and oxygen atoms in total. The van der Waals surface area contributed by atoms with Crippen LogP contribution in [0.25, 0.3) is 0 Å². The summed E-state index contributed by atoms with van der Waals surface area (Å²) in [5, 5.41) is 0.252. The Morgan fingerprint density at radius 2 is 2.00 bits per heavy atom. The third-order valence-corrected chi connectivity index (χ3v) is 2.72. The monoisotopic (exact) mass is 293 g/mol. The number of anilines is 1. The maximum atomic E-state index is 11.1. The summed E-state index contributed by atoms with van der Waals surface area (Å²) in [5.74, 6) is 0.277. The second-order valence-corrected chi connectivity index (χ2v) is 4.25. The molecule has 0 spiro atoms. The summed E-state index contributed by atoms with van der Waals surface area (Å²) in [6.45, 7) is 0. The number of pyridine rings is 1. The Hall–Kier alpha value is -2.47. The standard InChI is InChI=1S/C13H12ClN3O3/c1-19-10-6-7(12(16)18)2-4-9(10)20-13-8(15)3-5-11(14)17-13/h2-6H,15H2,1H3,(H2,16,18). The highest BCUT2D eigenvalue weighted by Crippen LogP contribution is 2.34. The number of rotatable bonds is 4. The summed E-state index contributed by atoms with van der Waals surface area (Å²) in [4.78, 5) is 15.1. The molecule has 0 aliphatic rings. The molecule has 2 aromatic rings. The van der Waals surface area contributed by atoms with Crippen molar-refractivity contribution in [1.29, 1.82) is 0 Å². The molecule has 0 bridgehead atoms. The molecular formula is C13H12ClN3O3. The predicted molar refractivity (Wildman–Crippen MR) is 75.2 cm³/mol. The molecule has 4 N–H and O–H groups in total. The summed E-state index contributed by atoms with van der Waals surface area (Å²) in [5.41, 5.74) is 11.6. The van der Waals surface area contributed by atoms with E-state index in [1.54, 1.807) is 18.2 Å². The van der Waals surface area contributed by atoms with Crippen LogP contribution in [0.5, 0.6) is 17.4 Å². The van der Waals surface area contributed by atoms with Crippen LogP contribution in [0.3, 0.4) is 0 Å². The van der Waals surface area contributed by atoms with Crippen LogP contribution in [0.15, 0.2) is 30.3 Å². The number of benzene rings is 1. The number of hydrogen-bond donors (Lipinski definition) is 2. The zero-order valence-electron chi connectivity index (χ0n) is 10.6. The van der Waals surface area contributed by atoms with Crippen molar-refractivity contribution in [3.8, 4) is 17.4 Å². The lowest BCUT2D eigenvalue weighted by atomic mass is 10.2. The minimum Gasteiger partial charge on any atom is -0.493 e. The van der Waals surface area contributed by atoms with Gasteiger partial charge in [0.05, 0.1) is 12.8 Å². The summed E-state index contributed by atoms with van der Waals surface area (Å²) in [6, 6.07) is 7.66. The Morgan fingerprint density at radius 3 is 2.65 bits per heavy atom. The minimum atomic E-state index is -0.560. The van der Waals surface area contributed by atoms with E-state index in [4.69, 9.17) is 32.5 Å². The summed E-state index contributed by atoms with van der Waals surface area (Å²) in [7, 11) is 1.45. The van der Waals surface area contributed by atoms with E-state index >= 15 is 0 Å². The SMILES string of the molecule is COc1cc(C(N)=O)ccc1Oc1nc(Cl)ccc1N. The number of amides is 1. The molecule has 0 aliphatic heterocycles. The molecule has 0 aliphatic carbocycles. The molecular weight excluding hydrogens is 282 g/mol. The van der Waals surface area contributed by atoms with Crippen LogP contribution in [-0.4, -0.2) is 18.0 Å². The Bertz CT molecular complexity index is 661. The van der Waals surface area contributed by atoms with E-state index in [0.717, 1.165) is 0 Å². The van der Waals surface area contributed by atoms with Gasteiger partial charge in [0, 0.05) is 5.56 Å². The molecule has 1 amide bonds. The third-order valence-electron chi connectivity index (χ3n) is 2.51. The lowest BCUT2D eigenvalue weighted by Crippen LogP contribution is -2.11. The van der Waals surface area contributed by atoms with Gasteiger partial charge in [-0.15, -0.1) is 0 Å². The Kier molecular flexibility index (Phi) is 3.95. The number of carbonyl (C=O) groups is 1. The first-order chi connectivity index (χ1) is 9.51. The fourth-order valence-electron chi connectivity index (χ4n) is 1.52. The zero-order valence-corrected chi connectivity index (χ0v) is 11.3. The highest BCUT2D eigenvalue weighted by Gasteiger charge is 2.12. The van der Waals surface area contributed by atoms with E-state index in [1.807, 2.05) is 0 Å². The smallest absolute Gasteiger partial charge is 0.248 e. The van der Waals surface area contributed by atoms with Crippen LogP contribution < -0.4 is 20.9 Å². The van der Waals surface area contributed by atoms with Gasteiger partial charge in [-0.1, -0.05) is 11.6 Å². The van der Waals surface area contributed by atoms with E-state index in [-0.39, 0.29) is 11.0 Å². The normalized spacial score (nSPS) is 10.1. The van der Waals surface area contributed by atoms with E-state index in [0.29, 0.717) is 22.7 Å². The van der Waals surface area contributed by atoms with Crippen molar-refractivity contribution < 1.29 is 14.3 Å². The largest absolute Gasteiger partial charge is 0.493 e. The van der Waals surface area contributed by atoms with Gasteiger partial charge in [0.15, 0.2) is 11.5 Å². The predicted octanol–water partition coefficient (Wildman–Crippen LogP) is 2.22. The van der Waals surface area contributed by atoms with Crippen LogP contribution in [0.4, 0.5) is 5.69 Å². The Morgan fingerprint density at radius 1 is 1.25 bits per heavy atom. The second kappa shape index (κ2) is 5.66. The molecule has 1 aromatic heterocycles. The van der Waals surface area contributed by atoms with Gasteiger partial charge in [-0.25, -0.2) is 0 Å². The van der Waals surface area contributed by atoms with Crippen LogP contribution in [-0.2, 0) is 0 Å². The summed E-state index contributed by atoms with van der Waals surface area (Å²) in [6.07, 6.45) is 0. The molecule has 0 unspecified atom stereocenters. The van der Waals surface area contributed by atoms with Gasteiger partial charge in [0.1, 0.15) is 5.15 Å². The zero-order chi connectivity index (χ0) is 14.7. The quantitative estimate of drug-likeness (QED) is 0.842. The van der Waals surface area contributed by atoms with Crippen molar-refractivity contribution in [2.75, 3.05) is 12.8 Å². The Labute approximate surface area is 120 Å². The highest BCUT2D eigenvalue weighted by atomic mass is 35.5. The van der Waals surface area contributed by atoms with Crippen molar-refractivity contribution in [1.82, 2.24) is 4.98 Å². The maximum absolute atomic E-state index is 11.1. The second-order valence-electron chi connectivity index (χ2n) is 3.86. The van der Waals surface area contributed by atoms with Crippen molar-refractivity contribution >= 4 is 23.2 Å². The topological polar surface area (TPSA) is 100 Å². The number of halogens is 1. The number of nitrogen functional groups attached to an aromatic ring is 1. The number of primary amides is 1. The first kappa shape index (κ1) is 14.0. The van der Waals surface area contributed by atoms with E-state index in [2.05, 4.69) is 4.98 Å². The molecule has 0 fully saturated rings. The molecule has 7 heteroatoms. The lowest BCUT2D eigenvalue weighted by Gasteiger charge is -2.11. The van der Waals surface area contributed by atoms with Crippen LogP contribution >= 0.6 is 11.6 Å². The molecule has 20 heavy (non-hydrogen) atoms. The van der Waals surface area contributed by atoms with Crippen molar-refractivity contribution in [2.24, 2.45) is 5.73 Å². The van der Waals surface area contributed by atoms with Crippen LogP contribution in [0.2, 0.25) is 5.15 Å². The van der Waals surface area contributed by atoms with Gasteiger partial charge in [-0.05, 0) is 30.3 Å². The van der Waals surface area contributed by atoms with Gasteiger partial charge < -0.3 is 20.9 Å². The average Bonchev–Trinajstić information content (AvgIpc) is 2.43. The number of nitrogens with zero attached hydrogens (tertiary/aromatic N) is 1. The minimum absolute atomic E-state index is 0.155. The fourth-order valence-corrected chi connectivity index (χ4v) is 1.66. The van der Waals surface area contributed by atoms with Gasteiger partial charge in [0.25, 0.3) is 0 Å². The first-order valence-electron chi connectivity index (χ1n) is 5.59.